The fraction of sp³-hybridized carbons (Fsp3) is 0.800. The van der Waals surface area contributed by atoms with Gasteiger partial charge in [-0.1, -0.05) is 0 Å². The molecule has 0 saturated carbocycles. The molecule has 0 aliphatic carbocycles. The van der Waals surface area contributed by atoms with Crippen molar-refractivity contribution in [1.82, 2.24) is 0 Å². The molecule has 0 aliphatic heterocycles. The number of ether oxygens (including phenoxy) is 2. The van der Waals surface area contributed by atoms with Crippen molar-refractivity contribution in [2.75, 3.05) is 0 Å². The lowest BCUT2D eigenvalue weighted by Crippen LogP contribution is -2.48. The van der Waals surface area contributed by atoms with E-state index in [9.17, 15) is 9.59 Å². The molecule has 0 aromatic carbocycles. The Kier molecular flexibility index (Phi) is 5.00. The van der Waals surface area contributed by atoms with Crippen LogP contribution in [0.4, 0.5) is 9.59 Å². The highest BCUT2D eigenvalue weighted by atomic mass is 28.3. The summed E-state index contributed by atoms with van der Waals surface area (Å²) >= 11 is 0. The van der Waals surface area contributed by atoms with Gasteiger partial charge in [0.2, 0.25) is 0 Å². The third kappa shape index (κ3) is 4.46. The van der Waals surface area contributed by atoms with Gasteiger partial charge in [0, 0.05) is 0 Å². The average Bonchev–Trinajstić information content (AvgIpc) is 2.01. The van der Waals surface area contributed by atoms with Gasteiger partial charge in [0.05, 0.1) is 12.2 Å². The van der Waals surface area contributed by atoms with E-state index in [1.165, 1.54) is 0 Å². The summed E-state index contributed by atoms with van der Waals surface area (Å²) in [4.78, 5) is 23.3. The molecule has 88 valence electrons. The van der Waals surface area contributed by atoms with Gasteiger partial charge < -0.3 is 9.47 Å². The van der Waals surface area contributed by atoms with Crippen LogP contribution in [0.1, 0.15) is 27.7 Å². The second-order valence-corrected chi connectivity index (χ2v) is 8.60. The Hall–Kier alpha value is -0.843. The van der Waals surface area contributed by atoms with Crippen LogP contribution in [-0.4, -0.2) is 31.5 Å². The van der Waals surface area contributed by atoms with Crippen molar-refractivity contribution in [2.24, 2.45) is 0 Å². The largest absolute Gasteiger partial charge is 0.467 e. The molecule has 0 atom stereocenters. The summed E-state index contributed by atoms with van der Waals surface area (Å²) in [5.41, 5.74) is -0.827. The first-order chi connectivity index (χ1) is 6.67. The van der Waals surface area contributed by atoms with E-state index < -0.39 is 19.3 Å². The minimum absolute atomic E-state index is 0.198. The van der Waals surface area contributed by atoms with Gasteiger partial charge in [-0.25, -0.2) is 0 Å². The van der Waals surface area contributed by atoms with Crippen LogP contribution in [0.3, 0.4) is 0 Å². The van der Waals surface area contributed by atoms with E-state index >= 15 is 0 Å². The van der Waals surface area contributed by atoms with Crippen LogP contribution >= 0.6 is 0 Å². The predicted molar refractivity (Wildman–Crippen MR) is 60.7 cm³/mol. The van der Waals surface area contributed by atoms with E-state index in [1.807, 2.05) is 0 Å². The average molecular weight is 232 g/mol. The maximum Gasteiger partial charge on any atom is 0.306 e. The maximum absolute atomic E-state index is 11.6. The Labute approximate surface area is 92.0 Å². The van der Waals surface area contributed by atoms with Crippen molar-refractivity contribution >= 4 is 19.3 Å². The SMILES string of the molecule is CC(C)OC(=O)[Si](C)(C)C(=O)OC(C)C. The minimum Gasteiger partial charge on any atom is -0.467 e. The van der Waals surface area contributed by atoms with E-state index in [0.717, 1.165) is 0 Å². The summed E-state index contributed by atoms with van der Waals surface area (Å²) in [6, 6.07) is 0. The van der Waals surface area contributed by atoms with E-state index in [0.29, 0.717) is 0 Å². The third-order valence-corrected chi connectivity index (χ3v) is 3.98. The van der Waals surface area contributed by atoms with Gasteiger partial charge in [0.1, 0.15) is 0 Å². The first kappa shape index (κ1) is 14.2. The maximum atomic E-state index is 11.6. The van der Waals surface area contributed by atoms with Gasteiger partial charge in [-0.15, -0.1) is 0 Å². The number of rotatable bonds is 4. The number of carbonyl (C=O) groups is 2. The summed E-state index contributed by atoms with van der Waals surface area (Å²) < 4.78 is 10.1. The van der Waals surface area contributed by atoms with E-state index in [2.05, 4.69) is 0 Å². The van der Waals surface area contributed by atoms with Crippen LogP contribution in [0.5, 0.6) is 0 Å². The van der Waals surface area contributed by atoms with Crippen LogP contribution in [-0.2, 0) is 9.47 Å². The van der Waals surface area contributed by atoms with Crippen LogP contribution in [0.15, 0.2) is 0 Å². The Morgan fingerprint density at radius 1 is 0.867 bits per heavy atom. The van der Waals surface area contributed by atoms with E-state index in [4.69, 9.17) is 9.47 Å². The molecule has 0 bridgehead atoms. The van der Waals surface area contributed by atoms with Crippen molar-refractivity contribution in [2.45, 2.75) is 53.0 Å². The topological polar surface area (TPSA) is 52.6 Å². The number of hydrogen-bond donors (Lipinski definition) is 0. The summed E-state index contributed by atoms with van der Waals surface area (Å²) in [5.74, 6) is 0. The van der Waals surface area contributed by atoms with Crippen LogP contribution < -0.4 is 0 Å². The molecule has 0 amide bonds. The smallest absolute Gasteiger partial charge is 0.306 e. The van der Waals surface area contributed by atoms with Gasteiger partial charge in [-0.3, -0.25) is 9.59 Å². The Morgan fingerprint density at radius 3 is 1.33 bits per heavy atom. The normalized spacial score (nSPS) is 11.7. The third-order valence-electron chi connectivity index (χ3n) is 1.71. The molecule has 0 heterocycles. The number of hydrogen-bond acceptors (Lipinski definition) is 4. The molecule has 0 radical (unpaired) electrons. The molecular weight excluding hydrogens is 212 g/mol. The lowest BCUT2D eigenvalue weighted by molar-refractivity contribution is 0.129. The Balaban J connectivity index is 4.51. The summed E-state index contributed by atoms with van der Waals surface area (Å²) in [7, 11) is -2.76. The van der Waals surface area contributed by atoms with E-state index in [-0.39, 0.29) is 12.2 Å². The van der Waals surface area contributed by atoms with Crippen LogP contribution in [0.25, 0.3) is 0 Å². The van der Waals surface area contributed by atoms with Crippen molar-refractivity contribution in [3.05, 3.63) is 0 Å². The highest BCUT2D eigenvalue weighted by Crippen LogP contribution is 2.12. The minimum atomic E-state index is -2.76. The monoisotopic (exact) mass is 232 g/mol. The highest BCUT2D eigenvalue weighted by molar-refractivity contribution is 7.22. The molecule has 0 aromatic rings. The lowest BCUT2D eigenvalue weighted by Gasteiger charge is -2.21. The molecule has 5 heteroatoms. The lowest BCUT2D eigenvalue weighted by atomic mass is 10.5. The fourth-order valence-corrected chi connectivity index (χ4v) is 2.03. The zero-order valence-corrected chi connectivity index (χ0v) is 11.3. The van der Waals surface area contributed by atoms with Gasteiger partial charge in [-0.05, 0) is 40.8 Å². The van der Waals surface area contributed by atoms with Crippen molar-refractivity contribution in [1.29, 1.82) is 0 Å². The van der Waals surface area contributed by atoms with E-state index in [1.54, 1.807) is 40.8 Å². The second kappa shape index (κ2) is 5.30. The molecule has 0 aliphatic rings. The molecule has 0 saturated heterocycles. The first-order valence-electron chi connectivity index (χ1n) is 5.10. The molecule has 0 unspecified atom stereocenters. The summed E-state index contributed by atoms with van der Waals surface area (Å²) in [6.07, 6.45) is -0.396. The molecule has 0 N–H and O–H groups in total. The molecule has 4 nitrogen and oxygen atoms in total. The van der Waals surface area contributed by atoms with Crippen molar-refractivity contribution in [3.8, 4) is 0 Å². The summed E-state index contributed by atoms with van der Waals surface area (Å²) in [5, 5.41) is 0. The first-order valence-corrected chi connectivity index (χ1v) is 8.10. The predicted octanol–water partition coefficient (Wildman–Crippen LogP) is 2.95. The standard InChI is InChI=1S/C10H20O4Si/c1-7(2)13-9(11)15(5,6)10(12)14-8(3)4/h7-8H,1-6H3. The second-order valence-electron chi connectivity index (χ2n) is 4.53. The molecule has 15 heavy (non-hydrogen) atoms. The zero-order chi connectivity index (χ0) is 12.2. The van der Waals surface area contributed by atoms with Crippen molar-refractivity contribution < 1.29 is 19.1 Å². The quantitative estimate of drug-likeness (QED) is 0.699. The number of carbonyl (C=O) groups excluding carboxylic acids is 2. The highest BCUT2D eigenvalue weighted by Gasteiger charge is 2.44. The molecule has 0 spiro atoms. The summed E-state index contributed by atoms with van der Waals surface area (Å²) in [6.45, 7) is 10.3. The molecule has 0 fully saturated rings. The van der Waals surface area contributed by atoms with Crippen LogP contribution in [0.2, 0.25) is 13.1 Å². The van der Waals surface area contributed by atoms with Gasteiger partial charge in [0.25, 0.3) is 11.2 Å². The zero-order valence-electron chi connectivity index (χ0n) is 10.3. The Morgan fingerprint density at radius 2 is 1.13 bits per heavy atom. The van der Waals surface area contributed by atoms with Crippen LogP contribution in [0, 0.1) is 0 Å². The van der Waals surface area contributed by atoms with Gasteiger partial charge in [0.15, 0.2) is 0 Å². The molecule has 0 aromatic heterocycles. The fourth-order valence-electron chi connectivity index (χ4n) is 0.806. The van der Waals surface area contributed by atoms with Crippen molar-refractivity contribution in [3.63, 3.8) is 0 Å². The van der Waals surface area contributed by atoms with Gasteiger partial charge in [-0.2, -0.15) is 0 Å². The molecular formula is C10H20O4Si. The molecule has 0 rings (SSSR count). The van der Waals surface area contributed by atoms with Gasteiger partial charge >= 0.3 is 8.07 Å². The Bertz CT molecular complexity index is 222.